The lowest BCUT2D eigenvalue weighted by molar-refractivity contribution is -0.139. The highest BCUT2D eigenvalue weighted by Crippen LogP contribution is 2.39. The third kappa shape index (κ3) is 3.52. The molecule has 0 amide bonds. The van der Waals surface area contributed by atoms with E-state index in [1.807, 2.05) is 49.4 Å². The van der Waals surface area contributed by atoms with Crippen LogP contribution >= 0.6 is 11.6 Å². The molecule has 0 spiro atoms. The second-order valence-corrected chi connectivity index (χ2v) is 7.15. The highest BCUT2D eigenvalue weighted by Gasteiger charge is 2.36. The number of rotatable bonds is 5. The number of aromatic nitrogens is 3. The van der Waals surface area contributed by atoms with Gasteiger partial charge < -0.3 is 14.8 Å². The predicted octanol–water partition coefficient (Wildman–Crippen LogP) is 4.46. The predicted molar refractivity (Wildman–Crippen MR) is 115 cm³/mol. The topological polar surface area (TPSA) is 78.3 Å². The van der Waals surface area contributed by atoms with Crippen molar-refractivity contribution in [2.24, 2.45) is 0 Å². The van der Waals surface area contributed by atoms with Crippen LogP contribution in [0, 0.1) is 0 Å². The van der Waals surface area contributed by atoms with E-state index in [0.29, 0.717) is 28.1 Å². The summed E-state index contributed by atoms with van der Waals surface area (Å²) in [7, 11) is 1.62. The van der Waals surface area contributed by atoms with Crippen LogP contribution in [0.2, 0.25) is 5.02 Å². The van der Waals surface area contributed by atoms with Crippen LogP contribution in [-0.4, -0.2) is 34.5 Å². The lowest BCUT2D eigenvalue weighted by atomic mass is 9.96. The molecular weight excluding hydrogens is 404 g/mol. The number of halogens is 1. The SMILES string of the molecule is CCOC(=O)C1=C(C)Nc2nc(-c3ccc(OC)cc3)nn2C1c1ccccc1Cl. The molecule has 0 saturated carbocycles. The lowest BCUT2D eigenvalue weighted by Crippen LogP contribution is -2.29. The number of anilines is 1. The fourth-order valence-electron chi connectivity index (χ4n) is 3.47. The Morgan fingerprint density at radius 1 is 1.20 bits per heavy atom. The van der Waals surface area contributed by atoms with Crippen LogP contribution in [0.25, 0.3) is 11.4 Å². The molecular formula is C22H21ClN4O3. The van der Waals surface area contributed by atoms with Gasteiger partial charge in [0.2, 0.25) is 5.95 Å². The molecule has 2 aromatic carbocycles. The summed E-state index contributed by atoms with van der Waals surface area (Å²) in [6.07, 6.45) is 0. The van der Waals surface area contributed by atoms with Crippen LogP contribution < -0.4 is 10.1 Å². The van der Waals surface area contributed by atoms with Crippen LogP contribution in [0.4, 0.5) is 5.95 Å². The van der Waals surface area contributed by atoms with Crippen molar-refractivity contribution in [3.63, 3.8) is 0 Å². The molecule has 3 aromatic rings. The van der Waals surface area contributed by atoms with Gasteiger partial charge in [0.1, 0.15) is 11.8 Å². The number of methoxy groups -OCH3 is 1. The number of benzene rings is 2. The zero-order valence-corrected chi connectivity index (χ0v) is 17.6. The molecule has 7 nitrogen and oxygen atoms in total. The molecule has 1 aliphatic heterocycles. The van der Waals surface area contributed by atoms with Crippen LogP contribution in [0.3, 0.4) is 0 Å². The van der Waals surface area contributed by atoms with Gasteiger partial charge >= 0.3 is 5.97 Å². The van der Waals surface area contributed by atoms with E-state index in [0.717, 1.165) is 16.9 Å². The number of nitrogens with one attached hydrogen (secondary N) is 1. The van der Waals surface area contributed by atoms with Crippen LogP contribution in [0.15, 0.2) is 59.8 Å². The summed E-state index contributed by atoms with van der Waals surface area (Å²) in [6, 6.07) is 14.3. The third-order valence-electron chi connectivity index (χ3n) is 4.90. The molecule has 1 atom stereocenters. The van der Waals surface area contributed by atoms with Crippen LogP contribution in [-0.2, 0) is 9.53 Å². The van der Waals surface area contributed by atoms with E-state index in [1.54, 1.807) is 24.8 Å². The average molecular weight is 425 g/mol. The summed E-state index contributed by atoms with van der Waals surface area (Å²) in [5.41, 5.74) is 2.67. The molecule has 0 bridgehead atoms. The Morgan fingerprint density at radius 2 is 1.93 bits per heavy atom. The number of allylic oxidation sites excluding steroid dienone is 1. The molecule has 1 unspecified atom stereocenters. The number of ether oxygens (including phenoxy) is 2. The number of carbonyl (C=O) groups excluding carboxylic acids is 1. The average Bonchev–Trinajstić information content (AvgIpc) is 3.17. The molecule has 30 heavy (non-hydrogen) atoms. The van der Waals surface area contributed by atoms with Crippen molar-refractivity contribution in [2.45, 2.75) is 19.9 Å². The largest absolute Gasteiger partial charge is 0.497 e. The first-order valence-corrected chi connectivity index (χ1v) is 9.91. The van der Waals surface area contributed by atoms with E-state index in [4.69, 9.17) is 26.2 Å². The summed E-state index contributed by atoms with van der Waals surface area (Å²) < 4.78 is 12.2. The molecule has 4 rings (SSSR count). The normalized spacial score (nSPS) is 15.4. The van der Waals surface area contributed by atoms with Crippen molar-refractivity contribution >= 4 is 23.5 Å². The minimum Gasteiger partial charge on any atom is -0.497 e. The van der Waals surface area contributed by atoms with Gasteiger partial charge in [-0.15, -0.1) is 5.10 Å². The maximum Gasteiger partial charge on any atom is 0.338 e. The smallest absolute Gasteiger partial charge is 0.338 e. The summed E-state index contributed by atoms with van der Waals surface area (Å²) in [5.74, 6) is 1.38. The molecule has 1 aromatic heterocycles. The Bertz CT molecular complexity index is 1120. The molecule has 8 heteroatoms. The fraction of sp³-hybridized carbons (Fsp3) is 0.227. The number of fused-ring (bicyclic) bond motifs is 1. The molecule has 0 radical (unpaired) electrons. The minimum atomic E-state index is -0.562. The third-order valence-corrected chi connectivity index (χ3v) is 5.24. The Hall–Kier alpha value is -3.32. The van der Waals surface area contributed by atoms with Crippen molar-refractivity contribution < 1.29 is 14.3 Å². The summed E-state index contributed by atoms with van der Waals surface area (Å²) in [6.45, 7) is 3.87. The Labute approximate surface area is 179 Å². The maximum atomic E-state index is 12.8. The van der Waals surface area contributed by atoms with Crippen molar-refractivity contribution in [2.75, 3.05) is 19.0 Å². The first kappa shape index (κ1) is 20.0. The maximum absolute atomic E-state index is 12.8. The fourth-order valence-corrected chi connectivity index (χ4v) is 3.71. The number of esters is 1. The van der Waals surface area contributed by atoms with Gasteiger partial charge in [0.25, 0.3) is 0 Å². The van der Waals surface area contributed by atoms with Crippen molar-refractivity contribution in [3.8, 4) is 17.1 Å². The van der Waals surface area contributed by atoms with Crippen LogP contribution in [0.1, 0.15) is 25.5 Å². The molecule has 2 heterocycles. The Kier molecular flexibility index (Phi) is 5.46. The second kappa shape index (κ2) is 8.20. The van der Waals surface area contributed by atoms with Gasteiger partial charge in [0, 0.05) is 21.8 Å². The quantitative estimate of drug-likeness (QED) is 0.609. The standard InChI is InChI=1S/C22H21ClN4O3/c1-4-30-21(28)18-13(2)24-22-25-20(14-9-11-15(29-3)12-10-14)26-27(22)19(18)16-7-5-6-8-17(16)23/h5-12,19H,4H2,1-3H3,(H,24,25,26). The first-order chi connectivity index (χ1) is 14.5. The second-order valence-electron chi connectivity index (χ2n) is 6.74. The Balaban J connectivity index is 1.85. The number of nitrogens with zero attached hydrogens (tertiary/aromatic N) is 3. The Morgan fingerprint density at radius 3 is 2.60 bits per heavy atom. The van der Waals surface area contributed by atoms with Gasteiger partial charge in [0.15, 0.2) is 5.82 Å². The van der Waals surface area contributed by atoms with Crippen LogP contribution in [0.5, 0.6) is 5.75 Å². The first-order valence-electron chi connectivity index (χ1n) is 9.53. The summed E-state index contributed by atoms with van der Waals surface area (Å²) in [4.78, 5) is 17.5. The number of carbonyl (C=O) groups is 1. The zero-order valence-electron chi connectivity index (χ0n) is 16.8. The monoisotopic (exact) mass is 424 g/mol. The minimum absolute atomic E-state index is 0.270. The molecule has 154 valence electrons. The van der Waals surface area contributed by atoms with Gasteiger partial charge in [-0.3, -0.25) is 0 Å². The van der Waals surface area contributed by atoms with E-state index in [1.165, 1.54) is 0 Å². The molecule has 0 saturated heterocycles. The zero-order chi connectivity index (χ0) is 21.3. The highest BCUT2D eigenvalue weighted by molar-refractivity contribution is 6.31. The summed E-state index contributed by atoms with van der Waals surface area (Å²) >= 11 is 6.51. The molecule has 1 N–H and O–H groups in total. The van der Waals surface area contributed by atoms with E-state index in [2.05, 4.69) is 10.3 Å². The van der Waals surface area contributed by atoms with Crippen molar-refractivity contribution in [1.29, 1.82) is 0 Å². The number of hydrogen-bond acceptors (Lipinski definition) is 6. The highest BCUT2D eigenvalue weighted by atomic mass is 35.5. The van der Waals surface area contributed by atoms with Gasteiger partial charge in [0.05, 0.1) is 19.3 Å². The van der Waals surface area contributed by atoms with Gasteiger partial charge in [-0.2, -0.15) is 4.98 Å². The van der Waals surface area contributed by atoms with E-state index in [9.17, 15) is 4.79 Å². The molecule has 0 fully saturated rings. The number of hydrogen-bond donors (Lipinski definition) is 1. The van der Waals surface area contributed by atoms with Crippen molar-refractivity contribution in [1.82, 2.24) is 14.8 Å². The van der Waals surface area contributed by atoms with Gasteiger partial charge in [-0.1, -0.05) is 29.8 Å². The van der Waals surface area contributed by atoms with E-state index < -0.39 is 12.0 Å². The van der Waals surface area contributed by atoms with Gasteiger partial charge in [-0.25, -0.2) is 9.48 Å². The molecule has 0 aliphatic carbocycles. The molecule has 1 aliphatic rings. The lowest BCUT2D eigenvalue weighted by Gasteiger charge is -2.28. The summed E-state index contributed by atoms with van der Waals surface area (Å²) in [5, 5.41) is 8.42. The van der Waals surface area contributed by atoms with Crippen molar-refractivity contribution in [3.05, 3.63) is 70.4 Å². The van der Waals surface area contributed by atoms with E-state index in [-0.39, 0.29) is 6.61 Å². The van der Waals surface area contributed by atoms with E-state index >= 15 is 0 Å². The van der Waals surface area contributed by atoms with Gasteiger partial charge in [-0.05, 0) is 44.2 Å².